The SMILES string of the molecule is COC(=O)c1c(C(C)=O)csc1-c1ccc(Cl)c(Cl)c1. The number of rotatable bonds is 3. The monoisotopic (exact) mass is 328 g/mol. The molecule has 0 aliphatic rings. The van der Waals surface area contributed by atoms with Crippen LogP contribution < -0.4 is 0 Å². The van der Waals surface area contributed by atoms with Crippen LogP contribution in [0.3, 0.4) is 0 Å². The first-order valence-electron chi connectivity index (χ1n) is 5.62. The van der Waals surface area contributed by atoms with Gasteiger partial charge in [-0.15, -0.1) is 11.3 Å². The third kappa shape index (κ3) is 2.73. The molecular formula is C14H10Cl2O3S. The van der Waals surface area contributed by atoms with Gasteiger partial charge in [-0.2, -0.15) is 0 Å². The molecule has 0 aliphatic heterocycles. The summed E-state index contributed by atoms with van der Waals surface area (Å²) in [6, 6.07) is 5.05. The summed E-state index contributed by atoms with van der Waals surface area (Å²) in [6.45, 7) is 1.41. The largest absolute Gasteiger partial charge is 0.465 e. The van der Waals surface area contributed by atoms with Gasteiger partial charge in [-0.05, 0) is 24.6 Å². The van der Waals surface area contributed by atoms with Gasteiger partial charge in [0.1, 0.15) is 0 Å². The summed E-state index contributed by atoms with van der Waals surface area (Å²) >= 11 is 13.2. The molecule has 2 rings (SSSR count). The van der Waals surface area contributed by atoms with Gasteiger partial charge in [0.25, 0.3) is 0 Å². The van der Waals surface area contributed by atoms with E-state index in [4.69, 9.17) is 27.9 Å². The molecule has 0 saturated carbocycles. The Bertz CT molecular complexity index is 692. The molecule has 104 valence electrons. The lowest BCUT2D eigenvalue weighted by Gasteiger charge is -2.05. The normalized spacial score (nSPS) is 10.4. The van der Waals surface area contributed by atoms with Gasteiger partial charge in [0, 0.05) is 15.8 Å². The van der Waals surface area contributed by atoms with Gasteiger partial charge < -0.3 is 4.74 Å². The van der Waals surface area contributed by atoms with Crippen molar-refractivity contribution in [2.45, 2.75) is 6.92 Å². The van der Waals surface area contributed by atoms with Gasteiger partial charge in [-0.3, -0.25) is 4.79 Å². The molecule has 0 aliphatic carbocycles. The van der Waals surface area contributed by atoms with E-state index < -0.39 is 5.97 Å². The van der Waals surface area contributed by atoms with Crippen molar-refractivity contribution in [3.8, 4) is 10.4 Å². The maximum atomic E-state index is 11.9. The van der Waals surface area contributed by atoms with E-state index in [2.05, 4.69) is 0 Å². The third-order valence-electron chi connectivity index (χ3n) is 2.74. The van der Waals surface area contributed by atoms with Crippen LogP contribution in [0.4, 0.5) is 0 Å². The van der Waals surface area contributed by atoms with Gasteiger partial charge >= 0.3 is 5.97 Å². The Labute approximate surface area is 130 Å². The first-order valence-corrected chi connectivity index (χ1v) is 7.25. The molecule has 0 N–H and O–H groups in total. The Balaban J connectivity index is 2.64. The predicted molar refractivity (Wildman–Crippen MR) is 81.1 cm³/mol. The Morgan fingerprint density at radius 3 is 2.45 bits per heavy atom. The van der Waals surface area contributed by atoms with Crippen LogP contribution in [0.1, 0.15) is 27.6 Å². The fourth-order valence-electron chi connectivity index (χ4n) is 1.77. The molecule has 1 aromatic heterocycles. The topological polar surface area (TPSA) is 43.4 Å². The summed E-state index contributed by atoms with van der Waals surface area (Å²) < 4.78 is 4.76. The number of thiophene rings is 1. The standard InChI is InChI=1S/C14H10Cl2O3S/c1-7(17)9-6-20-13(12(9)14(18)19-2)8-3-4-10(15)11(16)5-8/h3-6H,1-2H3. The van der Waals surface area contributed by atoms with E-state index in [0.29, 0.717) is 20.5 Å². The van der Waals surface area contributed by atoms with Crippen molar-refractivity contribution in [2.75, 3.05) is 7.11 Å². The predicted octanol–water partition coefficient (Wildman–Crippen LogP) is 4.71. The molecule has 0 saturated heterocycles. The van der Waals surface area contributed by atoms with Gasteiger partial charge in [0.2, 0.25) is 0 Å². The Hall–Kier alpha value is -1.36. The Morgan fingerprint density at radius 2 is 1.90 bits per heavy atom. The number of halogens is 2. The second-order valence-electron chi connectivity index (χ2n) is 4.03. The third-order valence-corrected chi connectivity index (χ3v) is 4.51. The van der Waals surface area contributed by atoms with Crippen molar-refractivity contribution in [1.82, 2.24) is 0 Å². The van der Waals surface area contributed by atoms with Crippen molar-refractivity contribution in [1.29, 1.82) is 0 Å². The highest BCUT2D eigenvalue weighted by Crippen LogP contribution is 2.36. The molecule has 2 aromatic rings. The fraction of sp³-hybridized carbons (Fsp3) is 0.143. The summed E-state index contributed by atoms with van der Waals surface area (Å²) in [4.78, 5) is 24.2. The molecule has 20 heavy (non-hydrogen) atoms. The molecule has 1 aromatic carbocycles. The summed E-state index contributed by atoms with van der Waals surface area (Å²) in [5.41, 5.74) is 1.34. The molecule has 0 radical (unpaired) electrons. The van der Waals surface area contributed by atoms with Crippen molar-refractivity contribution in [2.24, 2.45) is 0 Å². The number of ether oxygens (including phenoxy) is 1. The smallest absolute Gasteiger partial charge is 0.340 e. The van der Waals surface area contributed by atoms with E-state index in [1.54, 1.807) is 23.6 Å². The summed E-state index contributed by atoms with van der Waals surface area (Å²) in [7, 11) is 1.28. The Morgan fingerprint density at radius 1 is 1.20 bits per heavy atom. The van der Waals surface area contributed by atoms with Crippen molar-refractivity contribution < 1.29 is 14.3 Å². The van der Waals surface area contributed by atoms with Crippen molar-refractivity contribution in [3.63, 3.8) is 0 Å². The zero-order valence-corrected chi connectivity index (χ0v) is 13.0. The van der Waals surface area contributed by atoms with Crippen LogP contribution in [-0.2, 0) is 4.74 Å². The highest BCUT2D eigenvalue weighted by Gasteiger charge is 2.23. The summed E-state index contributed by atoms with van der Waals surface area (Å²) in [5.74, 6) is -0.731. The van der Waals surface area contributed by atoms with Crippen LogP contribution in [0, 0.1) is 0 Å². The number of esters is 1. The van der Waals surface area contributed by atoms with Crippen LogP contribution in [0.15, 0.2) is 23.6 Å². The van der Waals surface area contributed by atoms with E-state index in [9.17, 15) is 9.59 Å². The molecule has 6 heteroatoms. The van der Waals surface area contributed by atoms with Gasteiger partial charge in [0.15, 0.2) is 5.78 Å². The molecule has 3 nitrogen and oxygen atoms in total. The number of carbonyl (C=O) groups is 2. The highest BCUT2D eigenvalue weighted by atomic mass is 35.5. The Kier molecular flexibility index (Phi) is 4.48. The summed E-state index contributed by atoms with van der Waals surface area (Å²) in [6.07, 6.45) is 0. The number of methoxy groups -OCH3 is 1. The van der Waals surface area contributed by atoms with E-state index in [0.717, 1.165) is 5.56 Å². The minimum atomic E-state index is -0.544. The van der Waals surface area contributed by atoms with Crippen LogP contribution >= 0.6 is 34.5 Å². The van der Waals surface area contributed by atoms with E-state index in [1.807, 2.05) is 0 Å². The van der Waals surface area contributed by atoms with Crippen LogP contribution in [0.25, 0.3) is 10.4 Å². The molecule has 0 atom stereocenters. The number of benzene rings is 1. The maximum absolute atomic E-state index is 11.9. The molecule has 0 fully saturated rings. The molecule has 0 bridgehead atoms. The van der Waals surface area contributed by atoms with Crippen molar-refractivity contribution in [3.05, 3.63) is 44.8 Å². The second kappa shape index (κ2) is 5.95. The summed E-state index contributed by atoms with van der Waals surface area (Å²) in [5, 5.41) is 2.46. The van der Waals surface area contributed by atoms with E-state index >= 15 is 0 Å². The number of hydrogen-bond acceptors (Lipinski definition) is 4. The van der Waals surface area contributed by atoms with E-state index in [-0.39, 0.29) is 11.3 Å². The lowest BCUT2D eigenvalue weighted by molar-refractivity contribution is 0.0599. The zero-order valence-electron chi connectivity index (χ0n) is 10.7. The zero-order chi connectivity index (χ0) is 14.9. The van der Waals surface area contributed by atoms with E-state index in [1.165, 1.54) is 25.4 Å². The van der Waals surface area contributed by atoms with Crippen LogP contribution in [-0.4, -0.2) is 18.9 Å². The average Bonchev–Trinajstić information content (AvgIpc) is 2.86. The number of carbonyl (C=O) groups excluding carboxylic acids is 2. The van der Waals surface area contributed by atoms with Crippen LogP contribution in [0.2, 0.25) is 10.0 Å². The molecule has 0 spiro atoms. The average molecular weight is 329 g/mol. The first kappa shape index (κ1) is 15.0. The highest BCUT2D eigenvalue weighted by molar-refractivity contribution is 7.14. The first-order chi connectivity index (χ1) is 9.45. The molecule has 1 heterocycles. The quantitative estimate of drug-likeness (QED) is 0.605. The van der Waals surface area contributed by atoms with Crippen LogP contribution in [0.5, 0.6) is 0 Å². The fourth-order valence-corrected chi connectivity index (χ4v) is 3.16. The maximum Gasteiger partial charge on any atom is 0.340 e. The molecular weight excluding hydrogens is 319 g/mol. The van der Waals surface area contributed by atoms with Gasteiger partial charge in [-0.1, -0.05) is 29.3 Å². The minimum absolute atomic E-state index is 0.187. The lowest BCUT2D eigenvalue weighted by Crippen LogP contribution is -2.07. The molecule has 0 amide bonds. The van der Waals surface area contributed by atoms with Crippen molar-refractivity contribution >= 4 is 46.3 Å². The van der Waals surface area contributed by atoms with Gasteiger partial charge in [0.05, 0.1) is 22.7 Å². The number of hydrogen-bond donors (Lipinski definition) is 0. The van der Waals surface area contributed by atoms with Gasteiger partial charge in [-0.25, -0.2) is 4.79 Å². The second-order valence-corrected chi connectivity index (χ2v) is 5.72. The number of Topliss-reactive ketones (excluding diaryl/α,β-unsaturated/α-hetero) is 1. The minimum Gasteiger partial charge on any atom is -0.465 e. The number of ketones is 1. The lowest BCUT2D eigenvalue weighted by atomic mass is 10.0. The molecule has 0 unspecified atom stereocenters.